The van der Waals surface area contributed by atoms with Gasteiger partial charge in [-0.2, -0.15) is 0 Å². The maximum absolute atomic E-state index is 12.2. The molecule has 0 atom stereocenters. The number of aromatic nitrogens is 2. The minimum Gasteiger partial charge on any atom is -0.462 e. The number of benzene rings is 1. The molecule has 118 valence electrons. The second kappa shape index (κ2) is 6.78. The van der Waals surface area contributed by atoms with E-state index in [4.69, 9.17) is 16.3 Å². The van der Waals surface area contributed by atoms with E-state index in [-0.39, 0.29) is 0 Å². The van der Waals surface area contributed by atoms with E-state index in [1.807, 2.05) is 28.7 Å². The Labute approximate surface area is 160 Å². The van der Waals surface area contributed by atoms with Crippen LogP contribution in [0.1, 0.15) is 17.3 Å². The van der Waals surface area contributed by atoms with Gasteiger partial charge in [0.15, 0.2) is 5.65 Å². The molecule has 2 heterocycles. The first kappa shape index (κ1) is 16.7. The molecule has 0 aliphatic heterocycles. The van der Waals surface area contributed by atoms with Gasteiger partial charge >= 0.3 is 5.97 Å². The Morgan fingerprint density at radius 3 is 2.74 bits per heavy atom. The van der Waals surface area contributed by atoms with Crippen LogP contribution in [0.2, 0.25) is 5.02 Å². The van der Waals surface area contributed by atoms with E-state index in [1.165, 1.54) is 0 Å². The molecule has 2 aromatic heterocycles. The summed E-state index contributed by atoms with van der Waals surface area (Å²) in [5, 5.41) is 0.457. The van der Waals surface area contributed by atoms with Crippen molar-refractivity contribution in [3.8, 4) is 11.3 Å². The quantitative estimate of drug-likeness (QED) is 0.363. The van der Waals surface area contributed by atoms with Gasteiger partial charge in [0.25, 0.3) is 0 Å². The smallest absolute Gasteiger partial charge is 0.341 e. The molecule has 4 nitrogen and oxygen atoms in total. The molecular weight excluding hydrogens is 494 g/mol. The van der Waals surface area contributed by atoms with Crippen molar-refractivity contribution < 1.29 is 9.53 Å². The lowest BCUT2D eigenvalue weighted by atomic mass is 10.2. The van der Waals surface area contributed by atoms with Crippen molar-refractivity contribution in [2.24, 2.45) is 0 Å². The maximum atomic E-state index is 12.2. The summed E-state index contributed by atoms with van der Waals surface area (Å²) in [6.45, 7) is 2.07. The Morgan fingerprint density at radius 1 is 1.39 bits per heavy atom. The van der Waals surface area contributed by atoms with Crippen LogP contribution in [-0.2, 0) is 4.74 Å². The number of hydrogen-bond donors (Lipinski definition) is 0. The minimum absolute atomic E-state index is 0.300. The van der Waals surface area contributed by atoms with E-state index in [9.17, 15) is 4.79 Å². The third-order valence-corrected chi connectivity index (χ3v) is 5.01. The summed E-state index contributed by atoms with van der Waals surface area (Å²) in [4.78, 5) is 16.8. The van der Waals surface area contributed by atoms with Gasteiger partial charge in [-0.15, -0.1) is 0 Å². The van der Waals surface area contributed by atoms with Crippen molar-refractivity contribution in [3.05, 3.63) is 55.3 Å². The third-order valence-electron chi connectivity index (χ3n) is 3.24. The second-order valence-electron chi connectivity index (χ2n) is 4.74. The molecule has 3 rings (SSSR count). The maximum Gasteiger partial charge on any atom is 0.341 e. The summed E-state index contributed by atoms with van der Waals surface area (Å²) in [5.41, 5.74) is 2.66. The average Bonchev–Trinajstić information content (AvgIpc) is 2.85. The number of hydrogen-bond acceptors (Lipinski definition) is 3. The van der Waals surface area contributed by atoms with Gasteiger partial charge in [0.05, 0.1) is 11.6 Å². The monoisotopic (exact) mass is 504 g/mol. The van der Waals surface area contributed by atoms with E-state index in [1.54, 1.807) is 19.2 Å². The number of nitrogens with zero attached hydrogens (tertiary/aromatic N) is 2. The molecule has 0 radical (unpaired) electrons. The number of fused-ring (bicyclic) bond motifs is 1. The SMILES string of the molecule is CCOC(=O)c1cc(Cl)cn2c(I)c(-c3ccc(Br)cc3)nc12. The van der Waals surface area contributed by atoms with Crippen molar-refractivity contribution in [3.63, 3.8) is 0 Å². The first-order valence-corrected chi connectivity index (χ1v) is 9.06. The molecular formula is C16H11BrClIN2O2. The Kier molecular flexibility index (Phi) is 4.93. The van der Waals surface area contributed by atoms with Crippen molar-refractivity contribution >= 4 is 61.7 Å². The summed E-state index contributed by atoms with van der Waals surface area (Å²) in [6.07, 6.45) is 1.75. The predicted molar refractivity (Wildman–Crippen MR) is 102 cm³/mol. The Morgan fingerprint density at radius 2 is 2.09 bits per heavy atom. The summed E-state index contributed by atoms with van der Waals surface area (Å²) in [6, 6.07) is 9.44. The number of pyridine rings is 1. The molecule has 23 heavy (non-hydrogen) atoms. The molecule has 3 aromatic rings. The number of carbonyl (C=O) groups excluding carboxylic acids is 1. The number of rotatable bonds is 3. The number of imidazole rings is 1. The molecule has 0 unspecified atom stereocenters. The zero-order chi connectivity index (χ0) is 16.6. The van der Waals surface area contributed by atoms with Crippen LogP contribution in [0.3, 0.4) is 0 Å². The predicted octanol–water partition coefficient (Wildman–Crippen LogP) is 5.20. The molecule has 0 spiro atoms. The third kappa shape index (κ3) is 3.25. The van der Waals surface area contributed by atoms with Gasteiger partial charge in [-0.05, 0) is 47.7 Å². The zero-order valence-electron chi connectivity index (χ0n) is 12.0. The van der Waals surface area contributed by atoms with Gasteiger partial charge in [-0.3, -0.25) is 4.40 Å². The van der Waals surface area contributed by atoms with Crippen LogP contribution in [0.25, 0.3) is 16.9 Å². The highest BCUT2D eigenvalue weighted by molar-refractivity contribution is 14.1. The fourth-order valence-electron chi connectivity index (χ4n) is 2.23. The first-order valence-electron chi connectivity index (χ1n) is 6.81. The van der Waals surface area contributed by atoms with Gasteiger partial charge in [0.1, 0.15) is 15.0 Å². The van der Waals surface area contributed by atoms with E-state index in [0.717, 1.165) is 19.4 Å². The highest BCUT2D eigenvalue weighted by Crippen LogP contribution is 2.29. The Hall–Kier alpha value is -1.12. The second-order valence-corrected chi connectivity index (χ2v) is 7.12. The topological polar surface area (TPSA) is 43.6 Å². The van der Waals surface area contributed by atoms with Crippen LogP contribution < -0.4 is 0 Å². The van der Waals surface area contributed by atoms with E-state index in [0.29, 0.717) is 22.8 Å². The largest absolute Gasteiger partial charge is 0.462 e. The summed E-state index contributed by atoms with van der Waals surface area (Å²) < 4.78 is 8.79. The van der Waals surface area contributed by atoms with E-state index < -0.39 is 5.97 Å². The number of carbonyl (C=O) groups is 1. The molecule has 7 heteroatoms. The van der Waals surface area contributed by atoms with Crippen molar-refractivity contribution in [1.82, 2.24) is 9.38 Å². The Balaban J connectivity index is 2.23. The molecule has 0 saturated carbocycles. The number of halogens is 3. The van der Waals surface area contributed by atoms with Crippen molar-refractivity contribution in [2.75, 3.05) is 6.61 Å². The Bertz CT molecular complexity index is 893. The van der Waals surface area contributed by atoms with Gasteiger partial charge in [0.2, 0.25) is 0 Å². The molecule has 1 aromatic carbocycles. The van der Waals surface area contributed by atoms with Crippen LogP contribution in [0.5, 0.6) is 0 Å². The molecule has 0 aliphatic carbocycles. The highest BCUT2D eigenvalue weighted by atomic mass is 127. The molecule has 0 aliphatic rings. The van der Waals surface area contributed by atoms with Gasteiger partial charge in [-0.1, -0.05) is 39.7 Å². The summed E-state index contributed by atoms with van der Waals surface area (Å²) >= 11 is 11.8. The first-order chi connectivity index (χ1) is 11.0. The molecule has 0 fully saturated rings. The van der Waals surface area contributed by atoms with Crippen molar-refractivity contribution in [1.29, 1.82) is 0 Å². The van der Waals surface area contributed by atoms with Crippen LogP contribution in [0.15, 0.2) is 41.0 Å². The van der Waals surface area contributed by atoms with Gasteiger partial charge < -0.3 is 4.74 Å². The standard InChI is InChI=1S/C16H11BrClIN2O2/c1-2-23-16(22)12-7-11(18)8-21-14(19)13(20-15(12)21)9-3-5-10(17)6-4-9/h3-8H,2H2,1H3. The van der Waals surface area contributed by atoms with Gasteiger partial charge in [-0.25, -0.2) is 9.78 Å². The van der Waals surface area contributed by atoms with Crippen LogP contribution in [0, 0.1) is 3.70 Å². The van der Waals surface area contributed by atoms with Crippen LogP contribution >= 0.6 is 50.1 Å². The lowest BCUT2D eigenvalue weighted by Crippen LogP contribution is -2.07. The summed E-state index contributed by atoms with van der Waals surface area (Å²) in [5.74, 6) is -0.427. The van der Waals surface area contributed by atoms with Crippen molar-refractivity contribution in [2.45, 2.75) is 6.92 Å². The molecule has 0 bridgehead atoms. The lowest BCUT2D eigenvalue weighted by Gasteiger charge is -2.04. The minimum atomic E-state index is -0.427. The zero-order valence-corrected chi connectivity index (χ0v) is 16.5. The fourth-order valence-corrected chi connectivity index (χ4v) is 3.51. The fraction of sp³-hybridized carbons (Fsp3) is 0.125. The number of esters is 1. The average molecular weight is 506 g/mol. The van der Waals surface area contributed by atoms with Crippen LogP contribution in [-0.4, -0.2) is 22.0 Å². The summed E-state index contributed by atoms with van der Waals surface area (Å²) in [7, 11) is 0. The van der Waals surface area contributed by atoms with E-state index in [2.05, 4.69) is 43.5 Å². The molecule has 0 saturated heterocycles. The van der Waals surface area contributed by atoms with Crippen LogP contribution in [0.4, 0.5) is 0 Å². The molecule has 0 N–H and O–H groups in total. The number of ether oxygens (including phenoxy) is 1. The van der Waals surface area contributed by atoms with Gasteiger partial charge in [0, 0.05) is 16.2 Å². The normalized spacial score (nSPS) is 11.0. The van der Waals surface area contributed by atoms with E-state index >= 15 is 0 Å². The lowest BCUT2D eigenvalue weighted by molar-refractivity contribution is 0.0528. The molecule has 0 amide bonds. The highest BCUT2D eigenvalue weighted by Gasteiger charge is 2.19.